The first-order chi connectivity index (χ1) is 9.32. The number of rotatable bonds is 7. The smallest absolute Gasteiger partial charge is 0.211 e. The van der Waals surface area contributed by atoms with Crippen molar-refractivity contribution in [1.82, 2.24) is 4.72 Å². The average Bonchev–Trinajstić information content (AvgIpc) is 2.35. The third-order valence-corrected chi connectivity index (χ3v) is 5.12. The van der Waals surface area contributed by atoms with Crippen molar-refractivity contribution in [2.45, 2.75) is 40.5 Å². The van der Waals surface area contributed by atoms with Gasteiger partial charge in [-0.2, -0.15) is 0 Å². The third-order valence-electron chi connectivity index (χ3n) is 3.53. The van der Waals surface area contributed by atoms with Crippen LogP contribution < -0.4 is 9.46 Å². The number of benzene rings is 1. The predicted octanol–water partition coefficient (Wildman–Crippen LogP) is 2.49. The predicted molar refractivity (Wildman–Crippen MR) is 83.0 cm³/mol. The van der Waals surface area contributed by atoms with Gasteiger partial charge in [0.25, 0.3) is 0 Å². The molecule has 1 N–H and O–H groups in total. The summed E-state index contributed by atoms with van der Waals surface area (Å²) in [6.07, 6.45) is 1.33. The molecule has 1 aromatic carbocycles. The standard InChI is InChI=1S/C15H25NO3S/c1-6-9-20(17,18)16-8-7-14-10-11(2)15(19-5)13(4)12(14)3/h10,16H,6-9H2,1-5H3. The molecule has 0 saturated heterocycles. The first-order valence-corrected chi connectivity index (χ1v) is 8.58. The molecule has 0 aromatic heterocycles. The highest BCUT2D eigenvalue weighted by atomic mass is 32.2. The maximum absolute atomic E-state index is 11.6. The molecule has 0 amide bonds. The van der Waals surface area contributed by atoms with Crippen molar-refractivity contribution in [3.8, 4) is 5.75 Å². The molecular formula is C15H25NO3S. The van der Waals surface area contributed by atoms with Crippen LogP contribution in [0.15, 0.2) is 6.07 Å². The van der Waals surface area contributed by atoms with Gasteiger partial charge in [0.1, 0.15) is 5.75 Å². The summed E-state index contributed by atoms with van der Waals surface area (Å²) in [4.78, 5) is 0. The highest BCUT2D eigenvalue weighted by molar-refractivity contribution is 7.89. The van der Waals surface area contributed by atoms with Gasteiger partial charge in [0.15, 0.2) is 0 Å². The zero-order chi connectivity index (χ0) is 15.3. The van der Waals surface area contributed by atoms with Crippen molar-refractivity contribution in [2.24, 2.45) is 0 Å². The minimum atomic E-state index is -3.12. The normalized spacial score (nSPS) is 11.7. The van der Waals surface area contributed by atoms with E-state index in [1.54, 1.807) is 7.11 Å². The second-order valence-corrected chi connectivity index (χ2v) is 7.03. The topological polar surface area (TPSA) is 55.4 Å². The van der Waals surface area contributed by atoms with Crippen LogP contribution in [0.4, 0.5) is 0 Å². The zero-order valence-corrected chi connectivity index (χ0v) is 13.9. The molecule has 114 valence electrons. The second kappa shape index (κ2) is 7.09. The summed E-state index contributed by atoms with van der Waals surface area (Å²) in [5.41, 5.74) is 4.54. The molecule has 5 heteroatoms. The molecule has 0 aliphatic carbocycles. The van der Waals surface area contributed by atoms with Crippen LogP contribution in [-0.4, -0.2) is 27.8 Å². The summed E-state index contributed by atoms with van der Waals surface area (Å²) in [5, 5.41) is 0. The van der Waals surface area contributed by atoms with Crippen molar-refractivity contribution in [3.05, 3.63) is 28.3 Å². The summed E-state index contributed by atoms with van der Waals surface area (Å²) in [5.74, 6) is 1.10. The summed E-state index contributed by atoms with van der Waals surface area (Å²) in [7, 11) is -1.45. The molecule has 0 saturated carbocycles. The van der Waals surface area contributed by atoms with Crippen LogP contribution in [0.3, 0.4) is 0 Å². The fourth-order valence-electron chi connectivity index (χ4n) is 2.40. The molecule has 0 atom stereocenters. The van der Waals surface area contributed by atoms with Crippen LogP contribution in [0, 0.1) is 20.8 Å². The highest BCUT2D eigenvalue weighted by Crippen LogP contribution is 2.28. The lowest BCUT2D eigenvalue weighted by Gasteiger charge is -2.16. The summed E-state index contributed by atoms with van der Waals surface area (Å²) >= 11 is 0. The Hall–Kier alpha value is -1.07. The SMILES string of the molecule is CCCS(=O)(=O)NCCc1cc(C)c(OC)c(C)c1C. The number of sulfonamides is 1. The van der Waals surface area contributed by atoms with E-state index in [1.807, 2.05) is 27.7 Å². The second-order valence-electron chi connectivity index (χ2n) is 5.10. The number of ether oxygens (including phenoxy) is 1. The summed E-state index contributed by atoms with van der Waals surface area (Å²) in [6.45, 7) is 8.39. The van der Waals surface area contributed by atoms with Crippen LogP contribution in [-0.2, 0) is 16.4 Å². The molecule has 0 bridgehead atoms. The minimum Gasteiger partial charge on any atom is -0.496 e. The fraction of sp³-hybridized carbons (Fsp3) is 0.600. The number of hydrogen-bond acceptors (Lipinski definition) is 3. The Balaban J connectivity index is 2.80. The van der Waals surface area contributed by atoms with Crippen LogP contribution >= 0.6 is 0 Å². The van der Waals surface area contributed by atoms with Gasteiger partial charge in [-0.1, -0.05) is 13.0 Å². The van der Waals surface area contributed by atoms with E-state index in [-0.39, 0.29) is 5.75 Å². The van der Waals surface area contributed by atoms with E-state index in [9.17, 15) is 8.42 Å². The van der Waals surface area contributed by atoms with Gasteiger partial charge in [-0.25, -0.2) is 13.1 Å². The number of aryl methyl sites for hydroxylation is 1. The van der Waals surface area contributed by atoms with Crippen molar-refractivity contribution < 1.29 is 13.2 Å². The van der Waals surface area contributed by atoms with Gasteiger partial charge in [0, 0.05) is 6.54 Å². The molecule has 0 fully saturated rings. The van der Waals surface area contributed by atoms with Gasteiger partial charge in [-0.3, -0.25) is 0 Å². The molecular weight excluding hydrogens is 274 g/mol. The van der Waals surface area contributed by atoms with Gasteiger partial charge in [-0.15, -0.1) is 0 Å². The number of methoxy groups -OCH3 is 1. The van der Waals surface area contributed by atoms with Crippen LogP contribution in [0.1, 0.15) is 35.6 Å². The fourth-order valence-corrected chi connectivity index (χ4v) is 3.49. The van der Waals surface area contributed by atoms with E-state index in [1.165, 1.54) is 11.1 Å². The molecule has 0 aliphatic rings. The lowest BCUT2D eigenvalue weighted by molar-refractivity contribution is 0.408. The maximum atomic E-state index is 11.6. The maximum Gasteiger partial charge on any atom is 0.211 e. The monoisotopic (exact) mass is 299 g/mol. The van der Waals surface area contributed by atoms with Gasteiger partial charge < -0.3 is 4.74 Å². The highest BCUT2D eigenvalue weighted by Gasteiger charge is 2.12. The van der Waals surface area contributed by atoms with E-state index in [0.717, 1.165) is 16.9 Å². The van der Waals surface area contributed by atoms with Crippen LogP contribution in [0.25, 0.3) is 0 Å². The van der Waals surface area contributed by atoms with Crippen molar-refractivity contribution in [2.75, 3.05) is 19.4 Å². The van der Waals surface area contributed by atoms with E-state index >= 15 is 0 Å². The molecule has 4 nitrogen and oxygen atoms in total. The van der Waals surface area contributed by atoms with Crippen LogP contribution in [0.2, 0.25) is 0 Å². The zero-order valence-electron chi connectivity index (χ0n) is 13.0. The van der Waals surface area contributed by atoms with E-state index in [4.69, 9.17) is 4.74 Å². The molecule has 1 aromatic rings. The molecule has 0 aliphatic heterocycles. The van der Waals surface area contributed by atoms with Crippen molar-refractivity contribution >= 4 is 10.0 Å². The Morgan fingerprint density at radius 1 is 1.20 bits per heavy atom. The molecule has 0 heterocycles. The quantitative estimate of drug-likeness (QED) is 0.841. The number of hydrogen-bond donors (Lipinski definition) is 1. The summed E-state index contributed by atoms with van der Waals surface area (Å²) in [6, 6.07) is 2.08. The Labute approximate surface area is 122 Å². The lowest BCUT2D eigenvalue weighted by atomic mass is 9.97. The van der Waals surface area contributed by atoms with Crippen LogP contribution in [0.5, 0.6) is 5.75 Å². The molecule has 0 unspecified atom stereocenters. The molecule has 0 radical (unpaired) electrons. The van der Waals surface area contributed by atoms with E-state index < -0.39 is 10.0 Å². The summed E-state index contributed by atoms with van der Waals surface area (Å²) < 4.78 is 31.3. The minimum absolute atomic E-state index is 0.187. The first kappa shape index (κ1) is 17.0. The largest absolute Gasteiger partial charge is 0.496 e. The average molecular weight is 299 g/mol. The third kappa shape index (κ3) is 4.21. The van der Waals surface area contributed by atoms with Crippen molar-refractivity contribution in [3.63, 3.8) is 0 Å². The molecule has 20 heavy (non-hydrogen) atoms. The van der Waals surface area contributed by atoms with Gasteiger partial charge in [-0.05, 0) is 55.9 Å². The van der Waals surface area contributed by atoms with Gasteiger partial charge in [0.05, 0.1) is 12.9 Å². The van der Waals surface area contributed by atoms with Crippen molar-refractivity contribution in [1.29, 1.82) is 0 Å². The van der Waals surface area contributed by atoms with E-state index in [0.29, 0.717) is 19.4 Å². The number of nitrogens with one attached hydrogen (secondary N) is 1. The molecule has 1 rings (SSSR count). The first-order valence-electron chi connectivity index (χ1n) is 6.93. The Bertz CT molecular complexity index is 565. The van der Waals surface area contributed by atoms with Gasteiger partial charge in [0.2, 0.25) is 10.0 Å². The van der Waals surface area contributed by atoms with Gasteiger partial charge >= 0.3 is 0 Å². The van der Waals surface area contributed by atoms with E-state index in [2.05, 4.69) is 10.8 Å². The lowest BCUT2D eigenvalue weighted by Crippen LogP contribution is -2.28. The Kier molecular flexibility index (Phi) is 6.02. The Morgan fingerprint density at radius 3 is 2.40 bits per heavy atom. The molecule has 0 spiro atoms. The Morgan fingerprint density at radius 2 is 1.85 bits per heavy atom.